The average Bonchev–Trinajstić information content (AvgIpc) is 3.02. The molecule has 2 aromatic rings. The number of hydrogen-bond acceptors (Lipinski definition) is 4. The van der Waals surface area contributed by atoms with Crippen molar-refractivity contribution in [2.45, 2.75) is 19.0 Å². The second kappa shape index (κ2) is 5.81. The number of fused-ring (bicyclic) bond motifs is 1. The number of methoxy groups -OCH3 is 1. The number of carboxylic acids is 1. The van der Waals surface area contributed by atoms with Crippen LogP contribution in [0.3, 0.4) is 0 Å². The third-order valence-corrected chi connectivity index (χ3v) is 4.71. The van der Waals surface area contributed by atoms with Crippen molar-refractivity contribution < 1.29 is 19.4 Å². The van der Waals surface area contributed by atoms with E-state index < -0.39 is 12.0 Å². The van der Waals surface area contributed by atoms with E-state index in [4.69, 9.17) is 4.74 Å². The zero-order chi connectivity index (χ0) is 15.7. The molecule has 0 fully saturated rings. The summed E-state index contributed by atoms with van der Waals surface area (Å²) in [5.74, 6) is -0.640. The Morgan fingerprint density at radius 1 is 1.32 bits per heavy atom. The third kappa shape index (κ3) is 2.57. The lowest BCUT2D eigenvalue weighted by Gasteiger charge is -2.34. The Kier molecular flexibility index (Phi) is 3.85. The summed E-state index contributed by atoms with van der Waals surface area (Å²) >= 11 is 1.26. The van der Waals surface area contributed by atoms with Crippen molar-refractivity contribution in [3.8, 4) is 5.75 Å². The molecule has 6 heteroatoms. The van der Waals surface area contributed by atoms with Gasteiger partial charge in [0.2, 0.25) is 0 Å². The number of carboxylic acid groups (broad SMARTS) is 1. The highest BCUT2D eigenvalue weighted by Crippen LogP contribution is 2.28. The van der Waals surface area contributed by atoms with Gasteiger partial charge in [-0.15, -0.1) is 11.3 Å². The summed E-state index contributed by atoms with van der Waals surface area (Å²) in [6, 6.07) is 8.45. The van der Waals surface area contributed by atoms with E-state index in [1.165, 1.54) is 23.3 Å². The van der Waals surface area contributed by atoms with Gasteiger partial charge in [0.15, 0.2) is 0 Å². The number of carbonyl (C=O) groups excluding carboxylic acids is 1. The van der Waals surface area contributed by atoms with E-state index in [9.17, 15) is 14.7 Å². The number of nitrogens with zero attached hydrogens (tertiary/aromatic N) is 1. The molecule has 22 heavy (non-hydrogen) atoms. The highest BCUT2D eigenvalue weighted by atomic mass is 32.1. The normalized spacial score (nSPS) is 17.0. The first-order valence-electron chi connectivity index (χ1n) is 6.83. The second-order valence-corrected chi connectivity index (χ2v) is 6.02. The Hall–Kier alpha value is -2.34. The largest absolute Gasteiger partial charge is 0.496 e. The molecule has 1 aliphatic heterocycles. The number of amides is 1. The second-order valence-electron chi connectivity index (χ2n) is 5.11. The van der Waals surface area contributed by atoms with E-state index >= 15 is 0 Å². The SMILES string of the molecule is COc1csc(C(=O)N2Cc3ccccc3CC2C(=O)O)c1. The van der Waals surface area contributed by atoms with Gasteiger partial charge in [-0.3, -0.25) is 4.79 Å². The molecule has 0 saturated heterocycles. The van der Waals surface area contributed by atoms with E-state index in [2.05, 4.69) is 0 Å². The predicted octanol–water partition coefficient (Wildman–Crippen LogP) is 2.41. The van der Waals surface area contributed by atoms with Crippen LogP contribution >= 0.6 is 11.3 Å². The third-order valence-electron chi connectivity index (χ3n) is 3.82. The molecule has 3 rings (SSSR count). The molecule has 0 aliphatic carbocycles. The van der Waals surface area contributed by atoms with Gasteiger partial charge in [-0.1, -0.05) is 24.3 Å². The smallest absolute Gasteiger partial charge is 0.326 e. The van der Waals surface area contributed by atoms with Gasteiger partial charge in [-0.2, -0.15) is 0 Å². The summed E-state index contributed by atoms with van der Waals surface area (Å²) in [5.41, 5.74) is 1.99. The van der Waals surface area contributed by atoms with Crippen molar-refractivity contribution in [1.29, 1.82) is 0 Å². The van der Waals surface area contributed by atoms with Gasteiger partial charge in [0.25, 0.3) is 5.91 Å². The van der Waals surface area contributed by atoms with E-state index in [-0.39, 0.29) is 5.91 Å². The first kappa shape index (κ1) is 14.6. The summed E-state index contributed by atoms with van der Waals surface area (Å²) in [5, 5.41) is 11.2. The average molecular weight is 317 g/mol. The Morgan fingerprint density at radius 2 is 2.05 bits per heavy atom. The number of aliphatic carboxylic acids is 1. The molecular weight excluding hydrogens is 302 g/mol. The Bertz CT molecular complexity index is 724. The molecule has 0 saturated carbocycles. The van der Waals surface area contributed by atoms with Crippen LogP contribution in [0, 0.1) is 0 Å². The Labute approximate surface area is 131 Å². The zero-order valence-corrected chi connectivity index (χ0v) is 12.8. The number of rotatable bonds is 3. The zero-order valence-electron chi connectivity index (χ0n) is 12.0. The van der Waals surface area contributed by atoms with Crippen LogP contribution < -0.4 is 4.74 Å². The van der Waals surface area contributed by atoms with Crippen LogP contribution in [0.5, 0.6) is 5.75 Å². The molecule has 5 nitrogen and oxygen atoms in total. The minimum absolute atomic E-state index is 0.268. The number of benzene rings is 1. The number of hydrogen-bond donors (Lipinski definition) is 1. The molecule has 1 aromatic heterocycles. The monoisotopic (exact) mass is 317 g/mol. The summed E-state index contributed by atoms with van der Waals surface area (Å²) < 4.78 is 5.09. The van der Waals surface area contributed by atoms with Crippen molar-refractivity contribution in [2.75, 3.05) is 7.11 Å². The van der Waals surface area contributed by atoms with Crippen molar-refractivity contribution in [1.82, 2.24) is 4.90 Å². The van der Waals surface area contributed by atoms with Crippen LogP contribution in [0.15, 0.2) is 35.7 Å². The Balaban J connectivity index is 1.93. The summed E-state index contributed by atoms with van der Waals surface area (Å²) in [6.45, 7) is 0.312. The first-order chi connectivity index (χ1) is 10.6. The van der Waals surface area contributed by atoms with E-state index in [1.54, 1.807) is 11.4 Å². The van der Waals surface area contributed by atoms with E-state index in [1.807, 2.05) is 24.3 Å². The fraction of sp³-hybridized carbons (Fsp3) is 0.250. The lowest BCUT2D eigenvalue weighted by atomic mass is 9.94. The van der Waals surface area contributed by atoms with Gasteiger partial charge >= 0.3 is 5.97 Å². The summed E-state index contributed by atoms with van der Waals surface area (Å²) in [4.78, 5) is 26.1. The van der Waals surface area contributed by atoms with Crippen molar-refractivity contribution in [3.63, 3.8) is 0 Å². The maximum absolute atomic E-state index is 12.7. The summed E-state index contributed by atoms with van der Waals surface area (Å²) in [6.07, 6.45) is 0.333. The number of carbonyl (C=O) groups is 2. The highest BCUT2D eigenvalue weighted by Gasteiger charge is 2.35. The van der Waals surface area contributed by atoms with Crippen molar-refractivity contribution >= 4 is 23.2 Å². The predicted molar refractivity (Wildman–Crippen MR) is 82.3 cm³/mol. The van der Waals surface area contributed by atoms with Gasteiger partial charge < -0.3 is 14.7 Å². The van der Waals surface area contributed by atoms with E-state index in [0.717, 1.165) is 11.1 Å². The topological polar surface area (TPSA) is 66.8 Å². The quantitative estimate of drug-likeness (QED) is 0.944. The molecule has 1 amide bonds. The van der Waals surface area contributed by atoms with Crippen LogP contribution in [0.1, 0.15) is 20.8 Å². The van der Waals surface area contributed by atoms with E-state index in [0.29, 0.717) is 23.6 Å². The fourth-order valence-electron chi connectivity index (χ4n) is 2.64. The van der Waals surface area contributed by atoms with Crippen molar-refractivity contribution in [2.24, 2.45) is 0 Å². The molecule has 1 aliphatic rings. The molecule has 114 valence electrons. The van der Waals surface area contributed by atoms with Gasteiger partial charge in [0.05, 0.1) is 12.0 Å². The molecule has 1 atom stereocenters. The minimum atomic E-state index is -0.980. The molecule has 2 heterocycles. The van der Waals surface area contributed by atoms with Crippen LogP contribution in [-0.2, 0) is 17.8 Å². The van der Waals surface area contributed by atoms with Gasteiger partial charge in [-0.25, -0.2) is 4.79 Å². The lowest BCUT2D eigenvalue weighted by Crippen LogP contribution is -2.48. The number of ether oxygens (including phenoxy) is 1. The maximum Gasteiger partial charge on any atom is 0.326 e. The molecule has 0 radical (unpaired) electrons. The van der Waals surface area contributed by atoms with Gasteiger partial charge in [-0.05, 0) is 11.1 Å². The van der Waals surface area contributed by atoms with Crippen molar-refractivity contribution in [3.05, 3.63) is 51.7 Å². The first-order valence-corrected chi connectivity index (χ1v) is 7.71. The van der Waals surface area contributed by atoms with Crippen LogP contribution in [0.4, 0.5) is 0 Å². The molecule has 0 bridgehead atoms. The van der Waals surface area contributed by atoms with Gasteiger partial charge in [0, 0.05) is 24.4 Å². The standard InChI is InChI=1S/C16H15NO4S/c1-21-12-7-14(22-9-12)15(18)17-8-11-5-3-2-4-10(11)6-13(17)16(19)20/h2-5,7,9,13H,6,8H2,1H3,(H,19,20). The molecule has 0 spiro atoms. The van der Waals surface area contributed by atoms with Crippen LogP contribution in [0.2, 0.25) is 0 Å². The molecule has 1 N–H and O–H groups in total. The number of thiophene rings is 1. The summed E-state index contributed by atoms with van der Waals surface area (Å²) in [7, 11) is 1.54. The highest BCUT2D eigenvalue weighted by molar-refractivity contribution is 7.12. The maximum atomic E-state index is 12.7. The van der Waals surface area contributed by atoms with Crippen LogP contribution in [0.25, 0.3) is 0 Å². The Morgan fingerprint density at radius 3 is 2.68 bits per heavy atom. The lowest BCUT2D eigenvalue weighted by molar-refractivity contribution is -0.142. The fourth-order valence-corrected chi connectivity index (χ4v) is 3.45. The van der Waals surface area contributed by atoms with Crippen LogP contribution in [-0.4, -0.2) is 35.0 Å². The molecule has 1 aromatic carbocycles. The molecular formula is C16H15NO4S. The van der Waals surface area contributed by atoms with Gasteiger partial charge in [0.1, 0.15) is 11.8 Å². The molecule has 1 unspecified atom stereocenters. The minimum Gasteiger partial charge on any atom is -0.496 e.